The molecule has 1 heterocycles. The fourth-order valence-corrected chi connectivity index (χ4v) is 2.75. The van der Waals surface area contributed by atoms with Crippen LogP contribution in [0.2, 0.25) is 0 Å². The van der Waals surface area contributed by atoms with E-state index >= 15 is 0 Å². The van der Waals surface area contributed by atoms with Crippen LogP contribution in [0.4, 0.5) is 18.0 Å². The van der Waals surface area contributed by atoms with Gasteiger partial charge in [0, 0.05) is 19.1 Å². The van der Waals surface area contributed by atoms with Gasteiger partial charge in [0.2, 0.25) is 0 Å². The number of nitrogens with zero attached hydrogens (tertiary/aromatic N) is 2. The lowest BCUT2D eigenvalue weighted by molar-refractivity contribution is -0.190. The smallest absolute Gasteiger partial charge is 0.422 e. The van der Waals surface area contributed by atoms with E-state index in [0.29, 0.717) is 5.56 Å². The average Bonchev–Trinajstić information content (AvgIpc) is 2.58. The molecule has 2 atom stereocenters. The van der Waals surface area contributed by atoms with Crippen LogP contribution in [-0.4, -0.2) is 64.8 Å². The molecule has 10 heteroatoms. The second-order valence-corrected chi connectivity index (χ2v) is 5.86. The largest absolute Gasteiger partial charge is 0.465 e. The van der Waals surface area contributed by atoms with Gasteiger partial charge in [-0.2, -0.15) is 13.2 Å². The molecule has 1 fully saturated rings. The zero-order valence-corrected chi connectivity index (χ0v) is 13.8. The lowest BCUT2D eigenvalue weighted by atomic mass is 10.00. The normalized spacial score (nSPS) is 20.6. The summed E-state index contributed by atoms with van der Waals surface area (Å²) in [6.45, 7) is -0.584. The monoisotopic (exact) mass is 374 g/mol. The van der Waals surface area contributed by atoms with Crippen molar-refractivity contribution in [2.75, 3.05) is 19.7 Å². The highest BCUT2D eigenvalue weighted by Crippen LogP contribution is 2.28. The van der Waals surface area contributed by atoms with Crippen molar-refractivity contribution in [1.29, 1.82) is 0 Å². The van der Waals surface area contributed by atoms with E-state index < -0.39 is 42.8 Å². The molecule has 1 aromatic carbocycles. The molecule has 0 unspecified atom stereocenters. The number of carboxylic acid groups (broad SMARTS) is 1. The van der Waals surface area contributed by atoms with Gasteiger partial charge in [-0.3, -0.25) is 4.79 Å². The highest BCUT2D eigenvalue weighted by Gasteiger charge is 2.41. The van der Waals surface area contributed by atoms with E-state index in [1.54, 1.807) is 30.3 Å². The quantitative estimate of drug-likeness (QED) is 0.632. The second kappa shape index (κ2) is 7.63. The summed E-state index contributed by atoms with van der Waals surface area (Å²) < 4.78 is 40.6. The Bertz CT molecular complexity index is 680. The number of esters is 1. The molecule has 0 saturated carbocycles. The number of alkyl halides is 3. The predicted molar refractivity (Wildman–Crippen MR) is 82.1 cm³/mol. The zero-order chi connectivity index (χ0) is 19.5. The highest BCUT2D eigenvalue weighted by molar-refractivity contribution is 6.32. The van der Waals surface area contributed by atoms with Crippen LogP contribution >= 0.6 is 0 Å². The number of benzene rings is 1. The highest BCUT2D eigenvalue weighted by atomic mass is 19.4. The number of halogens is 3. The Kier molecular flexibility index (Phi) is 5.73. The first-order valence-corrected chi connectivity index (χ1v) is 7.69. The first kappa shape index (κ1) is 19.5. The second-order valence-electron chi connectivity index (χ2n) is 5.86. The topological polar surface area (TPSA) is 87.2 Å². The fraction of sp³-hybridized carbons (Fsp3) is 0.438. The molecule has 1 aliphatic rings. The van der Waals surface area contributed by atoms with Gasteiger partial charge in [-0.25, -0.2) is 9.59 Å². The molecule has 26 heavy (non-hydrogen) atoms. The van der Waals surface area contributed by atoms with Crippen molar-refractivity contribution in [2.24, 2.45) is 0 Å². The van der Waals surface area contributed by atoms with Crippen molar-refractivity contribution in [1.82, 2.24) is 9.80 Å². The van der Waals surface area contributed by atoms with Crippen LogP contribution in [-0.2, 0) is 14.3 Å². The van der Waals surface area contributed by atoms with Crippen molar-refractivity contribution in [3.63, 3.8) is 0 Å². The van der Waals surface area contributed by atoms with Gasteiger partial charge in [0.15, 0.2) is 6.61 Å². The van der Waals surface area contributed by atoms with Crippen LogP contribution < -0.4 is 0 Å². The molecule has 0 spiro atoms. The number of hydrogen-bond donors (Lipinski definition) is 1. The Hall–Kier alpha value is -2.78. The van der Waals surface area contributed by atoms with E-state index in [1.165, 1.54) is 6.92 Å². The third kappa shape index (κ3) is 4.64. The van der Waals surface area contributed by atoms with Crippen LogP contribution in [0.3, 0.4) is 0 Å². The van der Waals surface area contributed by atoms with Gasteiger partial charge in [0.1, 0.15) is 0 Å². The van der Waals surface area contributed by atoms with Crippen LogP contribution in [0.1, 0.15) is 18.5 Å². The van der Waals surface area contributed by atoms with Gasteiger partial charge >= 0.3 is 24.1 Å². The molecule has 0 aromatic heterocycles. The Balaban J connectivity index is 2.24. The van der Waals surface area contributed by atoms with E-state index in [-0.39, 0.29) is 13.1 Å². The summed E-state index contributed by atoms with van der Waals surface area (Å²) in [6, 6.07) is 6.89. The van der Waals surface area contributed by atoms with Crippen LogP contribution in [0, 0.1) is 0 Å². The van der Waals surface area contributed by atoms with Gasteiger partial charge in [-0.15, -0.1) is 0 Å². The van der Waals surface area contributed by atoms with Crippen molar-refractivity contribution >= 4 is 18.0 Å². The maximum Gasteiger partial charge on any atom is 0.422 e. The first-order valence-electron chi connectivity index (χ1n) is 7.69. The minimum Gasteiger partial charge on any atom is -0.465 e. The van der Waals surface area contributed by atoms with Crippen molar-refractivity contribution in [3.8, 4) is 0 Å². The number of hydrogen-bond acceptors (Lipinski definition) is 4. The van der Waals surface area contributed by atoms with E-state index in [9.17, 15) is 32.7 Å². The summed E-state index contributed by atoms with van der Waals surface area (Å²) in [5.41, 5.74) is 0.558. The summed E-state index contributed by atoms with van der Waals surface area (Å²) in [5, 5.41) is 9.29. The van der Waals surface area contributed by atoms with E-state index in [0.717, 1.165) is 9.80 Å². The van der Waals surface area contributed by atoms with E-state index in [1.807, 2.05) is 0 Å². The summed E-state index contributed by atoms with van der Waals surface area (Å²) in [4.78, 5) is 37.6. The van der Waals surface area contributed by atoms with Gasteiger partial charge in [0.05, 0.1) is 6.04 Å². The van der Waals surface area contributed by atoms with Crippen LogP contribution in [0.15, 0.2) is 30.3 Å². The summed E-state index contributed by atoms with van der Waals surface area (Å²) in [6.07, 6.45) is -5.94. The number of rotatable bonds is 2. The minimum absolute atomic E-state index is 0.112. The Labute approximate surface area is 146 Å². The molecule has 1 N–H and O–H groups in total. The SMILES string of the molecule is C[C@@H]1CN(C(=O)C(=O)OCC(F)(F)F)[C@@H](c2ccccc2)CN1C(=O)O. The standard InChI is InChI=1S/C16H17F3N2O5/c1-10-7-21(13(22)14(23)26-9-16(17,18)19)12(8-20(10)15(24)25)11-5-3-2-4-6-11/h2-6,10,12H,7-9H2,1H3,(H,24,25)/t10-,12-/m1/s1. The average molecular weight is 374 g/mol. The fourth-order valence-electron chi connectivity index (χ4n) is 2.75. The lowest BCUT2D eigenvalue weighted by Crippen LogP contribution is -2.57. The molecule has 0 radical (unpaired) electrons. The summed E-state index contributed by atoms with van der Waals surface area (Å²) in [7, 11) is 0. The molecule has 2 rings (SSSR count). The number of carbonyl (C=O) groups excluding carboxylic acids is 2. The predicted octanol–water partition coefficient (Wildman–Crippen LogP) is 2.04. The lowest BCUT2D eigenvalue weighted by Gasteiger charge is -2.43. The third-order valence-electron chi connectivity index (χ3n) is 3.97. The molecule has 2 amide bonds. The van der Waals surface area contributed by atoms with Gasteiger partial charge in [-0.05, 0) is 12.5 Å². The molecule has 1 aromatic rings. The van der Waals surface area contributed by atoms with Crippen LogP contribution in [0.25, 0.3) is 0 Å². The van der Waals surface area contributed by atoms with Gasteiger partial charge in [0.25, 0.3) is 0 Å². The number of amides is 2. The number of ether oxygens (including phenoxy) is 1. The molecule has 1 saturated heterocycles. The Morgan fingerprint density at radius 3 is 2.31 bits per heavy atom. The van der Waals surface area contributed by atoms with Crippen molar-refractivity contribution in [2.45, 2.75) is 25.2 Å². The first-order chi connectivity index (χ1) is 12.1. The maximum atomic E-state index is 12.3. The molecule has 0 bridgehead atoms. The minimum atomic E-state index is -4.75. The Morgan fingerprint density at radius 1 is 1.15 bits per heavy atom. The zero-order valence-electron chi connectivity index (χ0n) is 13.8. The third-order valence-corrected chi connectivity index (χ3v) is 3.97. The van der Waals surface area contributed by atoms with E-state index in [4.69, 9.17) is 0 Å². The maximum absolute atomic E-state index is 12.3. The Morgan fingerprint density at radius 2 is 1.77 bits per heavy atom. The molecule has 1 aliphatic heterocycles. The molecule has 0 aliphatic carbocycles. The molecular formula is C16H17F3N2O5. The number of piperazine rings is 1. The van der Waals surface area contributed by atoms with Gasteiger partial charge in [-0.1, -0.05) is 30.3 Å². The summed E-state index contributed by atoms with van der Waals surface area (Å²) >= 11 is 0. The van der Waals surface area contributed by atoms with Crippen molar-refractivity contribution in [3.05, 3.63) is 35.9 Å². The van der Waals surface area contributed by atoms with Gasteiger partial charge < -0.3 is 19.6 Å². The molecule has 142 valence electrons. The summed E-state index contributed by atoms with van der Waals surface area (Å²) in [5.74, 6) is -2.86. The van der Waals surface area contributed by atoms with E-state index in [2.05, 4.69) is 4.74 Å². The molecular weight excluding hydrogens is 357 g/mol. The van der Waals surface area contributed by atoms with Crippen molar-refractivity contribution < 1.29 is 37.4 Å². The number of carbonyl (C=O) groups is 3. The molecule has 7 nitrogen and oxygen atoms in total. The van der Waals surface area contributed by atoms with Crippen LogP contribution in [0.5, 0.6) is 0 Å².